The lowest BCUT2D eigenvalue weighted by atomic mass is 9.95. The first-order valence-corrected chi connectivity index (χ1v) is 26.6. The van der Waals surface area contributed by atoms with Crippen LogP contribution in [0.5, 0.6) is 0 Å². The number of imide groups is 1. The van der Waals surface area contributed by atoms with Crippen LogP contribution in [0, 0.1) is 25.6 Å². The first-order chi connectivity index (χ1) is 36.6. The molecule has 0 bridgehead atoms. The fourth-order valence-electron chi connectivity index (χ4n) is 10.4. The van der Waals surface area contributed by atoms with E-state index in [4.69, 9.17) is 20.3 Å². The smallest absolute Gasteiger partial charge is 0.326 e. The second-order valence-electron chi connectivity index (χ2n) is 22.3. The van der Waals surface area contributed by atoms with Crippen LogP contribution in [0.4, 0.5) is 38.8 Å². The van der Waals surface area contributed by atoms with E-state index < -0.39 is 40.8 Å². The molecule has 5 heterocycles. The maximum atomic E-state index is 16.7. The van der Waals surface area contributed by atoms with Crippen molar-refractivity contribution in [2.75, 3.05) is 90.4 Å². The standard InChI is InChI=1S/C58H74FN11O7/c1-38-10-9-11-48(62-38)69(36-51(74)77-58(6,7)8)34-42-12-18-46(53(59)39(42)2)54-52(55(60)75)56-63-47-19-17-45(32-41(47)22-27-70(56)64-54)67-30-28-65(29-31-67)33-40-20-24-66(25-21-40)43-13-15-44(16-14-43)68(26-23-49(72)61-37-71)35-50(73)76-57(3,4)5/h9-19,32,37,40,63H,20-31,33-36H2,1-8H3,(H2,60,75)(H,61,71,72). The van der Waals surface area contributed by atoms with E-state index in [-0.39, 0.29) is 49.4 Å². The third-order valence-electron chi connectivity index (χ3n) is 14.2. The molecule has 0 radical (unpaired) electrons. The molecule has 410 valence electrons. The van der Waals surface area contributed by atoms with Gasteiger partial charge in [0.05, 0.1) is 0 Å². The number of nitrogens with one attached hydrogen (secondary N) is 2. The number of hydrogen-bond acceptors (Lipinski definition) is 15. The molecular formula is C58H74FN11O7. The number of pyridine rings is 1. The van der Waals surface area contributed by atoms with Crippen molar-refractivity contribution < 1.29 is 37.8 Å². The van der Waals surface area contributed by atoms with E-state index in [9.17, 15) is 24.0 Å². The number of benzene rings is 3. The van der Waals surface area contributed by atoms with Crippen LogP contribution >= 0.6 is 0 Å². The van der Waals surface area contributed by atoms with Crippen LogP contribution in [0.15, 0.2) is 72.8 Å². The number of carbonyl (C=O) groups excluding carboxylic acids is 5. The second-order valence-corrected chi connectivity index (χ2v) is 22.3. The fourth-order valence-corrected chi connectivity index (χ4v) is 10.4. The number of ether oxygens (including phenoxy) is 2. The summed E-state index contributed by atoms with van der Waals surface area (Å²) in [6, 6.07) is 23.4. The topological polar surface area (TPSA) is 201 Å². The Labute approximate surface area is 451 Å². The lowest BCUT2D eigenvalue weighted by Crippen LogP contribution is -2.49. The van der Waals surface area contributed by atoms with Gasteiger partial charge in [-0.15, -0.1) is 0 Å². The third kappa shape index (κ3) is 14.3. The Hall–Kier alpha value is -7.54. The van der Waals surface area contributed by atoms with Crippen molar-refractivity contribution in [2.45, 2.75) is 105 Å². The maximum Gasteiger partial charge on any atom is 0.326 e. The molecule has 19 heteroatoms. The summed E-state index contributed by atoms with van der Waals surface area (Å²) < 4.78 is 29.5. The largest absolute Gasteiger partial charge is 0.459 e. The average molecular weight is 1060 g/mol. The molecular weight excluding hydrogens is 982 g/mol. The highest BCUT2D eigenvalue weighted by Crippen LogP contribution is 2.38. The van der Waals surface area contributed by atoms with Crippen molar-refractivity contribution in [1.82, 2.24) is 25.0 Å². The zero-order chi connectivity index (χ0) is 55.2. The van der Waals surface area contributed by atoms with Gasteiger partial charge in [-0.05, 0) is 158 Å². The average Bonchev–Trinajstić information content (AvgIpc) is 3.63. The van der Waals surface area contributed by atoms with Crippen LogP contribution in [0.1, 0.15) is 93.5 Å². The minimum atomic E-state index is -0.723. The van der Waals surface area contributed by atoms with Crippen LogP contribution in [-0.4, -0.2) is 126 Å². The molecule has 5 aromatic rings. The molecule has 18 nitrogen and oxygen atoms in total. The van der Waals surface area contributed by atoms with Crippen molar-refractivity contribution >= 4 is 64.5 Å². The van der Waals surface area contributed by atoms with Crippen molar-refractivity contribution in [3.05, 3.63) is 107 Å². The number of primary amides is 1. The number of hydrogen-bond donors (Lipinski definition) is 3. The first kappa shape index (κ1) is 55.7. The normalized spacial score (nSPS) is 15.1. The Morgan fingerprint density at radius 1 is 0.818 bits per heavy atom. The number of rotatable bonds is 18. The molecule has 8 rings (SSSR count). The molecule has 0 unspecified atom stereocenters. The molecule has 0 saturated carbocycles. The van der Waals surface area contributed by atoms with Gasteiger partial charge >= 0.3 is 11.9 Å². The van der Waals surface area contributed by atoms with E-state index in [1.54, 1.807) is 33.5 Å². The van der Waals surface area contributed by atoms with Crippen molar-refractivity contribution in [3.8, 4) is 11.3 Å². The number of esters is 2. The molecule has 3 aromatic carbocycles. The summed E-state index contributed by atoms with van der Waals surface area (Å²) >= 11 is 0. The molecule has 0 spiro atoms. The number of aryl methyl sites for hydroxylation is 3. The molecule has 77 heavy (non-hydrogen) atoms. The number of piperidine rings is 1. The van der Waals surface area contributed by atoms with Crippen LogP contribution in [0.2, 0.25) is 0 Å². The van der Waals surface area contributed by atoms with E-state index in [1.807, 2.05) is 84.9 Å². The summed E-state index contributed by atoms with van der Waals surface area (Å²) in [5, 5.41) is 10.4. The van der Waals surface area contributed by atoms with Crippen LogP contribution in [-0.2, 0) is 48.2 Å². The number of fused-ring (bicyclic) bond motifs is 2. The van der Waals surface area contributed by atoms with Gasteiger partial charge in [-0.1, -0.05) is 12.1 Å². The Morgan fingerprint density at radius 2 is 1.47 bits per heavy atom. The molecule has 2 aromatic heterocycles. The van der Waals surface area contributed by atoms with Gasteiger partial charge in [0.2, 0.25) is 12.3 Å². The zero-order valence-electron chi connectivity index (χ0n) is 45.8. The number of nitrogens with two attached hydrogens (primary N) is 1. The predicted octanol–water partition coefficient (Wildman–Crippen LogP) is 7.30. The fraction of sp³-hybridized carbons (Fsp3) is 0.466. The predicted molar refractivity (Wildman–Crippen MR) is 297 cm³/mol. The minimum absolute atomic E-state index is 0.0221. The summed E-state index contributed by atoms with van der Waals surface area (Å²) in [7, 11) is 0. The highest BCUT2D eigenvalue weighted by molar-refractivity contribution is 6.04. The van der Waals surface area contributed by atoms with E-state index in [0.717, 1.165) is 92.7 Å². The number of carbonyl (C=O) groups is 5. The summed E-state index contributed by atoms with van der Waals surface area (Å²) in [5.41, 5.74) is 11.9. The van der Waals surface area contributed by atoms with Crippen LogP contribution in [0.3, 0.4) is 0 Å². The highest BCUT2D eigenvalue weighted by Gasteiger charge is 2.31. The van der Waals surface area contributed by atoms with Gasteiger partial charge in [0.1, 0.15) is 53.0 Å². The third-order valence-corrected chi connectivity index (χ3v) is 14.2. The molecule has 4 N–H and O–H groups in total. The number of halogens is 1. The van der Waals surface area contributed by atoms with Crippen molar-refractivity contribution in [3.63, 3.8) is 0 Å². The summed E-state index contributed by atoms with van der Waals surface area (Å²) in [4.78, 5) is 77.5. The monoisotopic (exact) mass is 1060 g/mol. The number of nitrogens with zero attached hydrogens (tertiary/aromatic N) is 8. The van der Waals surface area contributed by atoms with Crippen molar-refractivity contribution in [1.29, 1.82) is 0 Å². The lowest BCUT2D eigenvalue weighted by Gasteiger charge is -2.40. The Bertz CT molecular complexity index is 2950. The highest BCUT2D eigenvalue weighted by atomic mass is 19.1. The lowest BCUT2D eigenvalue weighted by molar-refractivity contribution is -0.154. The Balaban J connectivity index is 0.860. The number of piperazine rings is 1. The minimum Gasteiger partial charge on any atom is -0.459 e. The van der Waals surface area contributed by atoms with Crippen LogP contribution in [0.25, 0.3) is 11.3 Å². The van der Waals surface area contributed by atoms with Gasteiger partial charge in [-0.25, -0.2) is 14.1 Å². The van der Waals surface area contributed by atoms with E-state index >= 15 is 4.39 Å². The van der Waals surface area contributed by atoms with Gasteiger partial charge in [-0.3, -0.25) is 34.2 Å². The SMILES string of the molecule is Cc1cccc(N(CC(=O)OC(C)(C)C)Cc2ccc(-c3nn4c(c3C(N)=O)Nc3ccc(N5CCN(CC6CCN(c7ccc(N(CCC(=O)NC=O)CC(=O)OC(C)(C)C)cc7)CC6)CC5)cc3CC4)c(F)c2C)n1. The van der Waals surface area contributed by atoms with Gasteiger partial charge in [0.25, 0.3) is 5.91 Å². The van der Waals surface area contributed by atoms with E-state index in [0.29, 0.717) is 48.1 Å². The molecule has 2 saturated heterocycles. The Kier molecular flexibility index (Phi) is 17.2. The maximum absolute atomic E-state index is 16.7. The molecule has 0 aliphatic carbocycles. The Morgan fingerprint density at radius 3 is 2.10 bits per heavy atom. The number of amides is 3. The summed E-state index contributed by atoms with van der Waals surface area (Å²) in [6.07, 6.45) is 3.21. The molecule has 0 atom stereocenters. The molecule has 3 aliphatic rings. The molecule has 3 amide bonds. The second kappa shape index (κ2) is 23.8. The summed E-state index contributed by atoms with van der Waals surface area (Å²) in [6.45, 7) is 21.8. The quantitative estimate of drug-likeness (QED) is 0.0583. The van der Waals surface area contributed by atoms with E-state index in [1.165, 1.54) is 0 Å². The van der Waals surface area contributed by atoms with Gasteiger partial charge in [-0.2, -0.15) is 5.10 Å². The van der Waals surface area contributed by atoms with Gasteiger partial charge in [0.15, 0.2) is 0 Å². The van der Waals surface area contributed by atoms with Gasteiger partial charge < -0.3 is 40.1 Å². The van der Waals surface area contributed by atoms with E-state index in [2.05, 4.69) is 54.6 Å². The number of anilines is 6. The summed E-state index contributed by atoms with van der Waals surface area (Å²) in [5.74, 6) is -0.936. The molecule has 2 fully saturated rings. The van der Waals surface area contributed by atoms with Crippen LogP contribution < -0.4 is 36.0 Å². The zero-order valence-corrected chi connectivity index (χ0v) is 45.8. The number of aromatic nitrogens is 3. The molecule has 3 aliphatic heterocycles. The van der Waals surface area contributed by atoms with Gasteiger partial charge in [0, 0.05) is 106 Å². The van der Waals surface area contributed by atoms with Crippen molar-refractivity contribution in [2.24, 2.45) is 11.7 Å². The first-order valence-electron chi connectivity index (χ1n) is 26.6.